The van der Waals surface area contributed by atoms with Gasteiger partial charge < -0.3 is 25.0 Å². The van der Waals surface area contributed by atoms with Crippen molar-refractivity contribution in [2.75, 3.05) is 57.2 Å². The number of hydrogen-bond donors (Lipinski definition) is 1. The number of nitrogens with two attached hydrogens (primary N) is 1. The van der Waals surface area contributed by atoms with E-state index >= 15 is 0 Å². The van der Waals surface area contributed by atoms with Crippen LogP contribution >= 0.6 is 0 Å². The smallest absolute Gasteiger partial charge is 0.355 e. The number of carbonyl (C=O) groups is 2. The summed E-state index contributed by atoms with van der Waals surface area (Å²) >= 11 is 0. The van der Waals surface area contributed by atoms with Crippen molar-refractivity contribution < 1.29 is 19.1 Å². The van der Waals surface area contributed by atoms with E-state index < -0.39 is 17.9 Å². The Morgan fingerprint density at radius 2 is 1.50 bits per heavy atom. The molecule has 0 amide bonds. The lowest BCUT2D eigenvalue weighted by atomic mass is 9.81. The average molecular weight is 488 g/mol. The number of hydrogen-bond acceptors (Lipinski definition) is 9. The van der Waals surface area contributed by atoms with E-state index in [2.05, 4.69) is 22.9 Å². The van der Waals surface area contributed by atoms with Crippen LogP contribution in [-0.2, 0) is 19.1 Å². The van der Waals surface area contributed by atoms with E-state index in [0.717, 1.165) is 31.9 Å². The molecule has 186 valence electrons. The van der Waals surface area contributed by atoms with Crippen molar-refractivity contribution in [3.05, 3.63) is 82.8 Å². The first-order valence-electron chi connectivity index (χ1n) is 11.6. The highest BCUT2D eigenvalue weighted by Crippen LogP contribution is 2.43. The molecule has 2 aromatic carbocycles. The van der Waals surface area contributed by atoms with Crippen LogP contribution < -0.4 is 15.5 Å². The van der Waals surface area contributed by atoms with E-state index in [0.29, 0.717) is 11.3 Å². The van der Waals surface area contributed by atoms with Crippen molar-refractivity contribution in [3.8, 4) is 6.07 Å². The fraction of sp³-hybridized carbons (Fsp3) is 0.296. The van der Waals surface area contributed by atoms with Crippen LogP contribution in [0.3, 0.4) is 0 Å². The maximum absolute atomic E-state index is 13.1. The summed E-state index contributed by atoms with van der Waals surface area (Å²) in [5.74, 6) is -2.35. The lowest BCUT2D eigenvalue weighted by Crippen LogP contribution is -2.44. The van der Waals surface area contributed by atoms with Crippen LogP contribution in [0.25, 0.3) is 0 Å². The van der Waals surface area contributed by atoms with Gasteiger partial charge in [0, 0.05) is 37.6 Å². The largest absolute Gasteiger partial charge is 0.466 e. The maximum atomic E-state index is 13.1. The number of likely N-dealkylation sites (N-methyl/N-ethyl adjacent to an activating group) is 1. The molecule has 1 saturated heterocycles. The fourth-order valence-corrected chi connectivity index (χ4v) is 4.66. The number of rotatable bonds is 5. The number of nitrogens with zero attached hydrogens (tertiary/aromatic N) is 4. The molecule has 1 unspecified atom stereocenters. The number of ether oxygens (including phenoxy) is 2. The normalized spacial score (nSPS) is 18.7. The summed E-state index contributed by atoms with van der Waals surface area (Å²) in [5, 5.41) is 10.1. The summed E-state index contributed by atoms with van der Waals surface area (Å²) in [6.07, 6.45) is 0. The Hall–Kier alpha value is -4.29. The first-order chi connectivity index (χ1) is 17.4. The van der Waals surface area contributed by atoms with Gasteiger partial charge in [0.05, 0.1) is 37.4 Å². The van der Waals surface area contributed by atoms with Gasteiger partial charge >= 0.3 is 11.9 Å². The minimum atomic E-state index is -0.890. The van der Waals surface area contributed by atoms with Gasteiger partial charge in [-0.05, 0) is 36.9 Å². The van der Waals surface area contributed by atoms with E-state index in [1.807, 2.05) is 30.3 Å². The Labute approximate surface area is 210 Å². The molecule has 2 aliphatic rings. The quantitative estimate of drug-likeness (QED) is 0.635. The summed E-state index contributed by atoms with van der Waals surface area (Å²) in [7, 11) is 4.56. The Bertz CT molecular complexity index is 1240. The summed E-state index contributed by atoms with van der Waals surface area (Å²) in [6, 6.07) is 18.6. The maximum Gasteiger partial charge on any atom is 0.355 e. The summed E-state index contributed by atoms with van der Waals surface area (Å²) in [4.78, 5) is 32.2. The highest BCUT2D eigenvalue weighted by Gasteiger charge is 2.43. The molecule has 0 aromatic heterocycles. The lowest BCUT2D eigenvalue weighted by molar-refractivity contribution is -0.139. The second-order valence-electron chi connectivity index (χ2n) is 8.64. The predicted octanol–water partition coefficient (Wildman–Crippen LogP) is 2.34. The summed E-state index contributed by atoms with van der Waals surface area (Å²) < 4.78 is 10.1. The van der Waals surface area contributed by atoms with Gasteiger partial charge in [-0.2, -0.15) is 5.26 Å². The van der Waals surface area contributed by atoms with E-state index in [9.17, 15) is 14.9 Å². The third-order valence-electron chi connectivity index (χ3n) is 6.59. The van der Waals surface area contributed by atoms with Crippen LogP contribution in [-0.4, -0.2) is 64.3 Å². The third kappa shape index (κ3) is 4.51. The Morgan fingerprint density at radius 1 is 0.917 bits per heavy atom. The molecule has 0 aliphatic carbocycles. The zero-order valence-electron chi connectivity index (χ0n) is 20.6. The van der Waals surface area contributed by atoms with Crippen LogP contribution in [0, 0.1) is 11.3 Å². The standard InChI is InChI=1S/C27H29N5O4/c1-30-13-15-31(16-14-30)19-9-11-20(12-10-19)32-24(27(34)36-3)23(26(33)35-2)22(21(17-28)25(32)29)18-7-5-4-6-8-18/h4-12,22H,13-16,29H2,1-3H3. The molecule has 36 heavy (non-hydrogen) atoms. The molecule has 1 fully saturated rings. The Morgan fingerprint density at radius 3 is 2.06 bits per heavy atom. The molecule has 0 saturated carbocycles. The first kappa shape index (κ1) is 24.8. The molecule has 4 rings (SSSR count). The second kappa shape index (κ2) is 10.5. The molecular formula is C27H29N5O4. The molecule has 1 atom stereocenters. The minimum Gasteiger partial charge on any atom is -0.466 e. The Kier molecular flexibility index (Phi) is 7.27. The molecule has 0 radical (unpaired) electrons. The van der Waals surface area contributed by atoms with Crippen molar-refractivity contribution >= 4 is 23.3 Å². The summed E-state index contributed by atoms with van der Waals surface area (Å²) in [6.45, 7) is 3.73. The van der Waals surface area contributed by atoms with Gasteiger partial charge in [-0.15, -0.1) is 0 Å². The van der Waals surface area contributed by atoms with E-state index in [1.165, 1.54) is 19.1 Å². The monoisotopic (exact) mass is 487 g/mol. The zero-order valence-corrected chi connectivity index (χ0v) is 20.6. The lowest BCUT2D eigenvalue weighted by Gasteiger charge is -2.36. The SMILES string of the molecule is COC(=O)C1=C(C(=O)OC)N(c2ccc(N3CCN(C)CC3)cc2)C(N)=C(C#N)C1c1ccccc1. The molecule has 2 heterocycles. The molecule has 0 bridgehead atoms. The van der Waals surface area contributed by atoms with Crippen LogP contribution in [0.4, 0.5) is 11.4 Å². The molecule has 2 aromatic rings. The van der Waals surface area contributed by atoms with Crippen LogP contribution in [0.1, 0.15) is 11.5 Å². The Balaban J connectivity index is 1.87. The van der Waals surface area contributed by atoms with Crippen molar-refractivity contribution in [3.63, 3.8) is 0 Å². The molecule has 9 nitrogen and oxygen atoms in total. The number of carbonyl (C=O) groups excluding carboxylic acids is 2. The van der Waals surface area contributed by atoms with Crippen molar-refractivity contribution in [2.24, 2.45) is 5.73 Å². The number of piperazine rings is 1. The predicted molar refractivity (Wildman–Crippen MR) is 136 cm³/mol. The average Bonchev–Trinajstić information content (AvgIpc) is 2.92. The molecule has 2 aliphatic heterocycles. The van der Waals surface area contributed by atoms with Gasteiger partial charge in [0.25, 0.3) is 0 Å². The van der Waals surface area contributed by atoms with Gasteiger partial charge in [-0.25, -0.2) is 9.59 Å². The number of allylic oxidation sites excluding steroid dienone is 1. The second-order valence-corrected chi connectivity index (χ2v) is 8.64. The minimum absolute atomic E-state index is 0.00977. The van der Waals surface area contributed by atoms with E-state index in [4.69, 9.17) is 15.2 Å². The van der Waals surface area contributed by atoms with Gasteiger partial charge in [0.2, 0.25) is 0 Å². The fourth-order valence-electron chi connectivity index (χ4n) is 4.66. The van der Waals surface area contributed by atoms with Gasteiger partial charge in [0.1, 0.15) is 11.5 Å². The third-order valence-corrected chi connectivity index (χ3v) is 6.59. The number of nitriles is 1. The first-order valence-corrected chi connectivity index (χ1v) is 11.6. The number of anilines is 2. The molecule has 2 N–H and O–H groups in total. The van der Waals surface area contributed by atoms with Crippen molar-refractivity contribution in [1.82, 2.24) is 4.90 Å². The van der Waals surface area contributed by atoms with Crippen molar-refractivity contribution in [1.29, 1.82) is 5.26 Å². The van der Waals surface area contributed by atoms with Gasteiger partial charge in [-0.1, -0.05) is 30.3 Å². The molecular weight excluding hydrogens is 458 g/mol. The molecule has 0 spiro atoms. The van der Waals surface area contributed by atoms with Crippen molar-refractivity contribution in [2.45, 2.75) is 5.92 Å². The number of esters is 2. The number of benzene rings is 2. The highest BCUT2D eigenvalue weighted by molar-refractivity contribution is 6.06. The van der Waals surface area contributed by atoms with E-state index in [1.54, 1.807) is 24.3 Å². The van der Waals surface area contributed by atoms with Gasteiger partial charge in [0.15, 0.2) is 0 Å². The van der Waals surface area contributed by atoms with Crippen LogP contribution in [0.15, 0.2) is 77.3 Å². The topological polar surface area (TPSA) is 112 Å². The van der Waals surface area contributed by atoms with Crippen LogP contribution in [0.2, 0.25) is 0 Å². The molecule has 9 heteroatoms. The zero-order chi connectivity index (χ0) is 25.8. The highest BCUT2D eigenvalue weighted by atomic mass is 16.5. The van der Waals surface area contributed by atoms with Gasteiger partial charge in [-0.3, -0.25) is 4.90 Å². The van der Waals surface area contributed by atoms with Crippen LogP contribution in [0.5, 0.6) is 0 Å². The van der Waals surface area contributed by atoms with E-state index in [-0.39, 0.29) is 22.7 Å². The number of methoxy groups -OCH3 is 2. The summed E-state index contributed by atoms with van der Waals surface area (Å²) in [5.41, 5.74) is 8.78.